The van der Waals surface area contributed by atoms with Gasteiger partial charge in [-0.15, -0.1) is 0 Å². The number of nitrogens with two attached hydrogens (primary N) is 1. The maximum Gasteiger partial charge on any atom is 0.142 e. The number of anilines is 1. The van der Waals surface area contributed by atoms with Crippen LogP contribution in [0.25, 0.3) is 0 Å². The molecule has 0 spiro atoms. The zero-order valence-corrected chi connectivity index (χ0v) is 11.7. The van der Waals surface area contributed by atoms with Crippen LogP contribution in [0.1, 0.15) is 12.8 Å². The Morgan fingerprint density at radius 3 is 3.00 bits per heavy atom. The van der Waals surface area contributed by atoms with E-state index in [0.29, 0.717) is 18.2 Å². The van der Waals surface area contributed by atoms with Crippen molar-refractivity contribution in [2.24, 2.45) is 5.92 Å². The second kappa shape index (κ2) is 7.36. The first-order valence-corrected chi connectivity index (χ1v) is 6.99. The van der Waals surface area contributed by atoms with E-state index in [2.05, 4.69) is 11.9 Å². The summed E-state index contributed by atoms with van der Waals surface area (Å²) in [7, 11) is 2.13. The summed E-state index contributed by atoms with van der Waals surface area (Å²) >= 11 is 0. The average Bonchev–Trinajstić information content (AvgIpc) is 2.42. The highest BCUT2D eigenvalue weighted by Crippen LogP contribution is 2.19. The van der Waals surface area contributed by atoms with Crippen molar-refractivity contribution >= 4 is 5.69 Å². The molecule has 1 fully saturated rings. The Kier molecular flexibility index (Phi) is 5.48. The number of nitrogens with zero attached hydrogens (tertiary/aromatic N) is 1. The van der Waals surface area contributed by atoms with Crippen LogP contribution in [-0.4, -0.2) is 44.9 Å². The minimum Gasteiger partial charge on any atom is -0.490 e. The third-order valence-corrected chi connectivity index (χ3v) is 3.47. The van der Waals surface area contributed by atoms with Crippen molar-refractivity contribution in [1.29, 1.82) is 0 Å². The summed E-state index contributed by atoms with van der Waals surface area (Å²) in [5, 5.41) is 0. The first-order valence-electron chi connectivity index (χ1n) is 6.99. The number of hydrogen-bond acceptors (Lipinski definition) is 4. The highest BCUT2D eigenvalue weighted by atomic mass is 16.5. The van der Waals surface area contributed by atoms with E-state index >= 15 is 0 Å². The fourth-order valence-electron chi connectivity index (χ4n) is 2.41. The number of benzene rings is 1. The van der Waals surface area contributed by atoms with Crippen LogP contribution < -0.4 is 10.5 Å². The summed E-state index contributed by atoms with van der Waals surface area (Å²) in [6.45, 7) is 4.48. The van der Waals surface area contributed by atoms with E-state index in [1.807, 2.05) is 24.3 Å². The number of rotatable bonds is 6. The number of likely N-dealkylation sites (N-methyl/N-ethyl adjacent to an activating group) is 1. The van der Waals surface area contributed by atoms with Crippen molar-refractivity contribution in [1.82, 2.24) is 4.90 Å². The molecule has 2 N–H and O–H groups in total. The molecule has 4 heteroatoms. The van der Waals surface area contributed by atoms with Gasteiger partial charge >= 0.3 is 0 Å². The van der Waals surface area contributed by atoms with Crippen molar-refractivity contribution in [3.05, 3.63) is 24.3 Å². The number of hydrogen-bond donors (Lipinski definition) is 1. The largest absolute Gasteiger partial charge is 0.490 e. The Hall–Kier alpha value is -1.26. The molecule has 1 heterocycles. The normalized spacial score (nSPS) is 19.6. The van der Waals surface area contributed by atoms with Gasteiger partial charge in [0.15, 0.2) is 0 Å². The fourth-order valence-corrected chi connectivity index (χ4v) is 2.41. The highest BCUT2D eigenvalue weighted by molar-refractivity contribution is 5.51. The van der Waals surface area contributed by atoms with Crippen molar-refractivity contribution in [3.8, 4) is 5.75 Å². The summed E-state index contributed by atoms with van der Waals surface area (Å²) in [4.78, 5) is 2.30. The molecule has 0 aromatic heterocycles. The molecule has 0 aliphatic carbocycles. The molecular formula is C15H24N2O2. The van der Waals surface area contributed by atoms with Gasteiger partial charge in [0, 0.05) is 19.7 Å². The lowest BCUT2D eigenvalue weighted by Gasteiger charge is -2.27. The summed E-state index contributed by atoms with van der Waals surface area (Å²) < 4.78 is 11.2. The van der Waals surface area contributed by atoms with Gasteiger partial charge in [0.05, 0.1) is 12.3 Å². The summed E-state index contributed by atoms with van der Waals surface area (Å²) in [6, 6.07) is 7.62. The third-order valence-electron chi connectivity index (χ3n) is 3.47. The molecule has 106 valence electrons. The average molecular weight is 264 g/mol. The second-order valence-corrected chi connectivity index (χ2v) is 5.23. The molecule has 1 atom stereocenters. The van der Waals surface area contributed by atoms with Crippen molar-refractivity contribution in [2.75, 3.05) is 45.7 Å². The second-order valence-electron chi connectivity index (χ2n) is 5.23. The SMILES string of the molecule is CN(CCOc1ccccc1N)CC1CCCOC1. The van der Waals surface area contributed by atoms with E-state index in [1.165, 1.54) is 12.8 Å². The molecule has 1 aliphatic rings. The summed E-state index contributed by atoms with van der Waals surface area (Å²) in [6.07, 6.45) is 2.46. The third kappa shape index (κ3) is 4.73. The Morgan fingerprint density at radius 1 is 1.42 bits per heavy atom. The number of para-hydroxylation sites is 2. The first kappa shape index (κ1) is 14.2. The van der Waals surface area contributed by atoms with Crippen LogP contribution in [0.2, 0.25) is 0 Å². The predicted molar refractivity (Wildman–Crippen MR) is 77.4 cm³/mol. The fraction of sp³-hybridized carbons (Fsp3) is 0.600. The maximum atomic E-state index is 5.83. The Morgan fingerprint density at radius 2 is 2.26 bits per heavy atom. The predicted octanol–water partition coefficient (Wildman–Crippen LogP) is 2.01. The molecule has 1 aliphatic heterocycles. The number of nitrogen functional groups attached to an aromatic ring is 1. The zero-order chi connectivity index (χ0) is 13.5. The minimum absolute atomic E-state index is 0.665. The molecule has 1 saturated heterocycles. The van der Waals surface area contributed by atoms with E-state index in [1.54, 1.807) is 0 Å². The van der Waals surface area contributed by atoms with E-state index in [9.17, 15) is 0 Å². The first-order chi connectivity index (χ1) is 9.25. The molecule has 2 rings (SSSR count). The Labute approximate surface area is 115 Å². The van der Waals surface area contributed by atoms with Crippen molar-refractivity contribution in [3.63, 3.8) is 0 Å². The molecule has 0 amide bonds. The van der Waals surface area contributed by atoms with Crippen molar-refractivity contribution < 1.29 is 9.47 Å². The minimum atomic E-state index is 0.665. The van der Waals surface area contributed by atoms with Crippen LogP contribution in [0.3, 0.4) is 0 Å². The van der Waals surface area contributed by atoms with Gasteiger partial charge < -0.3 is 20.1 Å². The van der Waals surface area contributed by atoms with Gasteiger partial charge in [0.2, 0.25) is 0 Å². The van der Waals surface area contributed by atoms with E-state index in [0.717, 1.165) is 32.1 Å². The van der Waals surface area contributed by atoms with Gasteiger partial charge in [0.1, 0.15) is 12.4 Å². The standard InChI is InChI=1S/C15H24N2O2/c1-17(11-13-5-4-9-18-12-13)8-10-19-15-7-3-2-6-14(15)16/h2-3,6-7,13H,4-5,8-12,16H2,1H3. The zero-order valence-electron chi connectivity index (χ0n) is 11.7. The van der Waals surface area contributed by atoms with E-state index in [4.69, 9.17) is 15.2 Å². The molecule has 0 bridgehead atoms. The van der Waals surface area contributed by atoms with Gasteiger partial charge in [-0.05, 0) is 37.9 Å². The van der Waals surface area contributed by atoms with Crippen LogP contribution in [0, 0.1) is 5.92 Å². The van der Waals surface area contributed by atoms with Gasteiger partial charge in [-0.2, -0.15) is 0 Å². The number of ether oxygens (including phenoxy) is 2. The van der Waals surface area contributed by atoms with Gasteiger partial charge in [-0.1, -0.05) is 12.1 Å². The van der Waals surface area contributed by atoms with Gasteiger partial charge in [-0.3, -0.25) is 0 Å². The summed E-state index contributed by atoms with van der Waals surface area (Å²) in [5.74, 6) is 1.44. The lowest BCUT2D eigenvalue weighted by Crippen LogP contribution is -2.33. The van der Waals surface area contributed by atoms with Crippen LogP contribution in [0.15, 0.2) is 24.3 Å². The molecule has 19 heavy (non-hydrogen) atoms. The Bertz CT molecular complexity index is 378. The van der Waals surface area contributed by atoms with Crippen LogP contribution in [0.4, 0.5) is 5.69 Å². The van der Waals surface area contributed by atoms with E-state index < -0.39 is 0 Å². The van der Waals surface area contributed by atoms with Crippen molar-refractivity contribution in [2.45, 2.75) is 12.8 Å². The van der Waals surface area contributed by atoms with E-state index in [-0.39, 0.29) is 0 Å². The van der Waals surface area contributed by atoms with Crippen LogP contribution in [0.5, 0.6) is 5.75 Å². The van der Waals surface area contributed by atoms with Gasteiger partial charge in [-0.25, -0.2) is 0 Å². The molecule has 1 aromatic carbocycles. The molecule has 0 radical (unpaired) electrons. The summed E-state index contributed by atoms with van der Waals surface area (Å²) in [5.41, 5.74) is 6.53. The van der Waals surface area contributed by atoms with Crippen LogP contribution >= 0.6 is 0 Å². The molecule has 0 saturated carbocycles. The molecule has 1 aromatic rings. The lowest BCUT2D eigenvalue weighted by atomic mass is 10.0. The Balaban J connectivity index is 1.66. The quantitative estimate of drug-likeness (QED) is 0.798. The maximum absolute atomic E-state index is 5.83. The highest BCUT2D eigenvalue weighted by Gasteiger charge is 2.15. The van der Waals surface area contributed by atoms with Gasteiger partial charge in [0.25, 0.3) is 0 Å². The lowest BCUT2D eigenvalue weighted by molar-refractivity contribution is 0.0406. The molecule has 4 nitrogen and oxygen atoms in total. The smallest absolute Gasteiger partial charge is 0.142 e. The monoisotopic (exact) mass is 264 g/mol. The topological polar surface area (TPSA) is 47.7 Å². The van der Waals surface area contributed by atoms with Crippen LogP contribution in [-0.2, 0) is 4.74 Å². The molecule has 1 unspecified atom stereocenters. The molecular weight excluding hydrogens is 240 g/mol.